The van der Waals surface area contributed by atoms with Crippen molar-refractivity contribution < 1.29 is 9.53 Å². The number of ether oxygens (including phenoxy) is 1. The molecular weight excluding hydrogens is 434 g/mol. The van der Waals surface area contributed by atoms with Gasteiger partial charge in [0.15, 0.2) is 0 Å². The summed E-state index contributed by atoms with van der Waals surface area (Å²) in [6, 6.07) is 7.49. The Labute approximate surface area is 176 Å². The number of amides is 2. The van der Waals surface area contributed by atoms with Crippen LogP contribution in [0.25, 0.3) is 16.6 Å². The van der Waals surface area contributed by atoms with Crippen molar-refractivity contribution >= 4 is 44.3 Å². The molecule has 0 saturated heterocycles. The molecule has 0 radical (unpaired) electrons. The van der Waals surface area contributed by atoms with Gasteiger partial charge >= 0.3 is 6.03 Å². The Morgan fingerprint density at radius 3 is 3.03 bits per heavy atom. The van der Waals surface area contributed by atoms with Gasteiger partial charge in [-0.1, -0.05) is 28.1 Å². The van der Waals surface area contributed by atoms with Crippen molar-refractivity contribution in [3.05, 3.63) is 58.1 Å². The van der Waals surface area contributed by atoms with E-state index < -0.39 is 0 Å². The molecule has 0 fully saturated rings. The average molecular weight is 454 g/mol. The monoisotopic (exact) mass is 453 g/mol. The second-order valence-corrected chi connectivity index (χ2v) is 8.11. The minimum Gasteiger partial charge on any atom is -0.376 e. The van der Waals surface area contributed by atoms with Gasteiger partial charge in [-0.3, -0.25) is 0 Å². The summed E-state index contributed by atoms with van der Waals surface area (Å²) in [5.41, 5.74) is 6.09. The number of anilines is 1. The molecule has 7 nitrogen and oxygen atoms in total. The normalized spacial score (nSPS) is 16.4. The van der Waals surface area contributed by atoms with E-state index in [1.165, 1.54) is 5.69 Å². The van der Waals surface area contributed by atoms with Gasteiger partial charge in [0.05, 0.1) is 24.3 Å². The summed E-state index contributed by atoms with van der Waals surface area (Å²) < 4.78 is 6.59. The second kappa shape index (κ2) is 7.61. The number of nitrogens with one attached hydrogen (secondary N) is 2. The molecule has 0 atom stereocenters. The lowest BCUT2D eigenvalue weighted by molar-refractivity contribution is 0.111. The molecule has 1 aromatic carbocycles. The Hall–Kier alpha value is -2.71. The van der Waals surface area contributed by atoms with E-state index in [1.807, 2.05) is 24.3 Å². The highest BCUT2D eigenvalue weighted by Gasteiger charge is 2.24. The number of rotatable bonds is 2. The van der Waals surface area contributed by atoms with E-state index >= 15 is 0 Å². The van der Waals surface area contributed by atoms with Gasteiger partial charge in [0.1, 0.15) is 12.0 Å². The molecule has 2 amide bonds. The summed E-state index contributed by atoms with van der Waals surface area (Å²) in [5.74, 6) is 0. The SMILES string of the molecule is O=C(Nc1cccc(Br)c1)N1CC=C(c2ncnc3[nH]c4c(c23)COCC4)CC1. The molecule has 0 aliphatic carbocycles. The third-order valence-corrected chi connectivity index (χ3v) is 5.90. The molecule has 2 N–H and O–H groups in total. The van der Waals surface area contributed by atoms with E-state index in [0.717, 1.165) is 57.5 Å². The molecule has 0 spiro atoms. The zero-order chi connectivity index (χ0) is 19.8. The van der Waals surface area contributed by atoms with Crippen LogP contribution in [-0.2, 0) is 17.8 Å². The Balaban J connectivity index is 1.37. The third kappa shape index (κ3) is 3.54. The number of hydrogen-bond donors (Lipinski definition) is 2. The first-order valence-corrected chi connectivity index (χ1v) is 10.4. The second-order valence-electron chi connectivity index (χ2n) is 7.20. The van der Waals surface area contributed by atoms with E-state index in [1.54, 1.807) is 11.2 Å². The van der Waals surface area contributed by atoms with Crippen molar-refractivity contribution in [3.8, 4) is 0 Å². The van der Waals surface area contributed by atoms with Crippen molar-refractivity contribution in [2.24, 2.45) is 0 Å². The van der Waals surface area contributed by atoms with E-state index in [-0.39, 0.29) is 6.03 Å². The van der Waals surface area contributed by atoms with Crippen molar-refractivity contribution in [1.29, 1.82) is 0 Å². The number of fused-ring (bicyclic) bond motifs is 3. The highest BCUT2D eigenvalue weighted by atomic mass is 79.9. The van der Waals surface area contributed by atoms with Crippen LogP contribution in [0.3, 0.4) is 0 Å². The first-order chi connectivity index (χ1) is 14.2. The van der Waals surface area contributed by atoms with Crippen LogP contribution in [0.2, 0.25) is 0 Å². The standard InChI is InChI=1S/C21H20BrN5O2/c22-14-2-1-3-15(10-14)25-21(28)27-7-4-13(5-8-27)19-18-16-11-29-9-6-17(16)26-20(18)24-12-23-19/h1-4,10,12H,5-9,11H2,(H,25,28)(H,23,24,26). The molecule has 0 bridgehead atoms. The van der Waals surface area contributed by atoms with Crippen LogP contribution in [0.15, 0.2) is 41.1 Å². The molecule has 2 aliphatic heterocycles. The predicted octanol–water partition coefficient (Wildman–Crippen LogP) is 4.11. The zero-order valence-electron chi connectivity index (χ0n) is 15.7. The van der Waals surface area contributed by atoms with Crippen LogP contribution in [0.4, 0.5) is 10.5 Å². The van der Waals surface area contributed by atoms with E-state index in [2.05, 4.69) is 42.3 Å². The fourth-order valence-electron chi connectivity index (χ4n) is 3.94. The predicted molar refractivity (Wildman–Crippen MR) is 115 cm³/mol. The third-order valence-electron chi connectivity index (χ3n) is 5.40. The Morgan fingerprint density at radius 2 is 2.21 bits per heavy atom. The summed E-state index contributed by atoms with van der Waals surface area (Å²) in [7, 11) is 0. The van der Waals surface area contributed by atoms with Crippen molar-refractivity contribution in [1.82, 2.24) is 19.9 Å². The lowest BCUT2D eigenvalue weighted by Crippen LogP contribution is -2.38. The van der Waals surface area contributed by atoms with Crippen molar-refractivity contribution in [2.45, 2.75) is 19.4 Å². The van der Waals surface area contributed by atoms with Crippen molar-refractivity contribution in [2.75, 3.05) is 25.0 Å². The maximum atomic E-state index is 12.6. The largest absolute Gasteiger partial charge is 0.376 e. The minimum absolute atomic E-state index is 0.0985. The number of hydrogen-bond acceptors (Lipinski definition) is 4. The van der Waals surface area contributed by atoms with Gasteiger partial charge in [-0.05, 0) is 30.2 Å². The van der Waals surface area contributed by atoms with E-state index in [9.17, 15) is 4.79 Å². The molecule has 5 rings (SSSR count). The molecule has 2 aliphatic rings. The summed E-state index contributed by atoms with van der Waals surface area (Å²) >= 11 is 3.43. The highest BCUT2D eigenvalue weighted by Crippen LogP contribution is 2.32. The lowest BCUT2D eigenvalue weighted by Gasteiger charge is -2.27. The smallest absolute Gasteiger partial charge is 0.322 e. The number of carbonyl (C=O) groups is 1. The van der Waals surface area contributed by atoms with Gasteiger partial charge in [0, 0.05) is 40.9 Å². The number of aromatic nitrogens is 3. The molecule has 3 aromatic rings. The number of aromatic amines is 1. The van der Waals surface area contributed by atoms with Crippen molar-refractivity contribution in [3.63, 3.8) is 0 Å². The van der Waals surface area contributed by atoms with Gasteiger partial charge in [-0.25, -0.2) is 14.8 Å². The first kappa shape index (κ1) is 18.3. The molecular formula is C21H20BrN5O2. The Kier molecular flexibility index (Phi) is 4.81. The van der Waals surface area contributed by atoms with Crippen LogP contribution >= 0.6 is 15.9 Å². The zero-order valence-corrected chi connectivity index (χ0v) is 17.3. The number of halogens is 1. The number of benzene rings is 1. The molecule has 2 aromatic heterocycles. The van der Waals surface area contributed by atoms with Crippen LogP contribution in [0.1, 0.15) is 23.4 Å². The van der Waals surface area contributed by atoms with Gasteiger partial charge < -0.3 is 19.9 Å². The van der Waals surface area contributed by atoms with E-state index in [4.69, 9.17) is 4.74 Å². The molecule has 0 unspecified atom stereocenters. The number of H-pyrrole nitrogens is 1. The van der Waals surface area contributed by atoms with Gasteiger partial charge in [-0.15, -0.1) is 0 Å². The lowest BCUT2D eigenvalue weighted by atomic mass is 9.99. The summed E-state index contributed by atoms with van der Waals surface area (Å²) in [6.45, 7) is 2.50. The summed E-state index contributed by atoms with van der Waals surface area (Å²) in [6.07, 6.45) is 5.31. The van der Waals surface area contributed by atoms with Gasteiger partial charge in [-0.2, -0.15) is 0 Å². The number of nitrogens with zero attached hydrogens (tertiary/aromatic N) is 3. The number of urea groups is 1. The highest BCUT2D eigenvalue weighted by molar-refractivity contribution is 9.10. The molecule has 0 saturated carbocycles. The molecule has 148 valence electrons. The van der Waals surface area contributed by atoms with Crippen LogP contribution in [-0.4, -0.2) is 45.6 Å². The topological polar surface area (TPSA) is 83.1 Å². The fourth-order valence-corrected chi connectivity index (χ4v) is 4.34. The number of carbonyl (C=O) groups excluding carboxylic acids is 1. The summed E-state index contributed by atoms with van der Waals surface area (Å²) in [5, 5.41) is 4.01. The Morgan fingerprint density at radius 1 is 1.28 bits per heavy atom. The van der Waals surface area contributed by atoms with Crippen LogP contribution < -0.4 is 5.32 Å². The molecule has 4 heterocycles. The maximum absolute atomic E-state index is 12.6. The quantitative estimate of drug-likeness (QED) is 0.611. The van der Waals surface area contributed by atoms with Crippen LogP contribution in [0, 0.1) is 0 Å². The first-order valence-electron chi connectivity index (χ1n) is 9.62. The average Bonchev–Trinajstić information content (AvgIpc) is 3.13. The van der Waals surface area contributed by atoms with E-state index in [0.29, 0.717) is 19.7 Å². The molecule has 8 heteroatoms. The minimum atomic E-state index is -0.0985. The fraction of sp³-hybridized carbons (Fsp3) is 0.286. The van der Waals surface area contributed by atoms with Crippen LogP contribution in [0.5, 0.6) is 0 Å². The maximum Gasteiger partial charge on any atom is 0.322 e. The Bertz CT molecular complexity index is 1120. The molecule has 29 heavy (non-hydrogen) atoms. The summed E-state index contributed by atoms with van der Waals surface area (Å²) in [4.78, 5) is 26.8. The van der Waals surface area contributed by atoms with Gasteiger partial charge in [0.25, 0.3) is 0 Å². The van der Waals surface area contributed by atoms with Gasteiger partial charge in [0.2, 0.25) is 0 Å².